The Morgan fingerprint density at radius 1 is 1.22 bits per heavy atom. The van der Waals surface area contributed by atoms with E-state index in [1.165, 1.54) is 35.9 Å². The van der Waals surface area contributed by atoms with Gasteiger partial charge in [0.2, 0.25) is 0 Å². The van der Waals surface area contributed by atoms with Crippen molar-refractivity contribution in [3.63, 3.8) is 0 Å². The monoisotopic (exact) mass is 469 g/mol. The van der Waals surface area contributed by atoms with E-state index in [2.05, 4.69) is 6.58 Å². The second-order valence-corrected chi connectivity index (χ2v) is 11.3. The third kappa shape index (κ3) is 3.79. The molecule has 0 radical (unpaired) electrons. The third-order valence-electron chi connectivity index (χ3n) is 7.34. The molecule has 5 fully saturated rings. The average Bonchev–Trinajstić information content (AvgIpc) is 3.01. The maximum atomic E-state index is 13.3. The summed E-state index contributed by atoms with van der Waals surface area (Å²) in [7, 11) is 1.56. The average molecular weight is 470 g/mol. The highest BCUT2D eigenvalue weighted by Crippen LogP contribution is 2.60. The predicted octanol–water partition coefficient (Wildman–Crippen LogP) is 5.20. The number of ether oxygens (including phenoxy) is 2. The van der Waals surface area contributed by atoms with Crippen LogP contribution in [-0.2, 0) is 9.59 Å². The van der Waals surface area contributed by atoms with E-state index in [9.17, 15) is 9.59 Å². The van der Waals surface area contributed by atoms with Crippen molar-refractivity contribution in [2.75, 3.05) is 13.7 Å². The topological polar surface area (TPSA) is 55.8 Å². The number of carbonyl (C=O) groups excluding carboxylic acids is 2. The summed E-state index contributed by atoms with van der Waals surface area (Å²) in [6, 6.07) is 5.39. The fraction of sp³-hybridized carbons (Fsp3) is 0.480. The van der Waals surface area contributed by atoms with Crippen molar-refractivity contribution in [2.45, 2.75) is 38.5 Å². The van der Waals surface area contributed by atoms with E-state index in [-0.39, 0.29) is 17.3 Å². The molecular weight excluding hydrogens is 442 g/mol. The minimum atomic E-state index is -0.322. The molecule has 6 rings (SSSR count). The Hall–Kier alpha value is -2.12. The largest absolute Gasteiger partial charge is 0.493 e. The lowest BCUT2D eigenvalue weighted by molar-refractivity contribution is -0.161. The zero-order valence-electron chi connectivity index (χ0n) is 18.2. The van der Waals surface area contributed by atoms with Crippen LogP contribution in [0.25, 0.3) is 6.08 Å². The van der Waals surface area contributed by atoms with Crippen LogP contribution < -0.4 is 9.47 Å². The van der Waals surface area contributed by atoms with E-state index in [1.807, 2.05) is 6.07 Å². The van der Waals surface area contributed by atoms with Gasteiger partial charge in [0.05, 0.1) is 17.4 Å². The maximum Gasteiger partial charge on any atom is 0.317 e. The lowest BCUT2D eigenvalue weighted by atomic mass is 9.49. The van der Waals surface area contributed by atoms with Gasteiger partial charge in [0, 0.05) is 6.54 Å². The standard InChI is InChI=1S/C25H27NO4S2/c1-3-6-26-22(27)21(32-24(26)31)11-15-4-5-19(20(10-15)29-2)30-23(28)25-12-16-7-17(13-25)9-18(8-16)14-25/h3-5,10-11,16-18H,1,6-9,12-14H2,2H3/b21-11-. The molecule has 0 N–H and O–H groups in total. The highest BCUT2D eigenvalue weighted by Gasteiger charge is 2.55. The maximum absolute atomic E-state index is 13.3. The van der Waals surface area contributed by atoms with Gasteiger partial charge in [-0.1, -0.05) is 36.1 Å². The molecule has 1 aromatic carbocycles. The minimum absolute atomic E-state index is 0.104. The lowest BCUT2D eigenvalue weighted by Gasteiger charge is -2.55. The fourth-order valence-corrected chi connectivity index (χ4v) is 7.64. The fourth-order valence-electron chi connectivity index (χ4n) is 6.36. The second-order valence-electron chi connectivity index (χ2n) is 9.58. The normalized spacial score (nSPS) is 32.0. The number of thiocarbonyl (C=S) groups is 1. The quantitative estimate of drug-likeness (QED) is 0.188. The first-order chi connectivity index (χ1) is 15.4. The molecule has 1 aliphatic heterocycles. The smallest absolute Gasteiger partial charge is 0.317 e. The van der Waals surface area contributed by atoms with Gasteiger partial charge in [0.15, 0.2) is 11.5 Å². The highest BCUT2D eigenvalue weighted by atomic mass is 32.2. The van der Waals surface area contributed by atoms with Crippen molar-refractivity contribution < 1.29 is 19.1 Å². The number of methoxy groups -OCH3 is 1. The van der Waals surface area contributed by atoms with E-state index in [0.717, 1.165) is 24.8 Å². The molecule has 1 aromatic rings. The first-order valence-corrected chi connectivity index (χ1v) is 12.4. The van der Waals surface area contributed by atoms with Crippen molar-refractivity contribution in [3.8, 4) is 11.5 Å². The second kappa shape index (κ2) is 8.34. The summed E-state index contributed by atoms with van der Waals surface area (Å²) in [6.07, 6.45) is 10.2. The number of rotatable bonds is 6. The summed E-state index contributed by atoms with van der Waals surface area (Å²) in [5.41, 5.74) is 0.466. The molecule has 0 aromatic heterocycles. The van der Waals surface area contributed by atoms with Crippen LogP contribution in [-0.4, -0.2) is 34.8 Å². The van der Waals surface area contributed by atoms with Gasteiger partial charge in [0.25, 0.3) is 5.91 Å². The molecule has 4 bridgehead atoms. The number of thioether (sulfide) groups is 1. The van der Waals surface area contributed by atoms with Crippen LogP contribution in [0.3, 0.4) is 0 Å². The van der Waals surface area contributed by atoms with Gasteiger partial charge in [-0.3, -0.25) is 14.5 Å². The molecule has 1 amide bonds. The first-order valence-electron chi connectivity index (χ1n) is 11.2. The van der Waals surface area contributed by atoms with Crippen LogP contribution >= 0.6 is 24.0 Å². The van der Waals surface area contributed by atoms with Crippen molar-refractivity contribution >= 4 is 46.3 Å². The number of carbonyl (C=O) groups is 2. The van der Waals surface area contributed by atoms with Gasteiger partial charge < -0.3 is 9.47 Å². The van der Waals surface area contributed by atoms with Gasteiger partial charge >= 0.3 is 5.97 Å². The first kappa shape index (κ1) is 21.7. The Kier molecular flexibility index (Phi) is 5.66. The Labute approximate surface area is 198 Å². The number of amides is 1. The number of esters is 1. The SMILES string of the molecule is C=CCN1C(=O)/C(=C/c2ccc(OC(=O)C34CC5CC(CC(C5)C3)C4)c(OC)c2)SC1=S. The van der Waals surface area contributed by atoms with E-state index >= 15 is 0 Å². The molecule has 1 heterocycles. The lowest BCUT2D eigenvalue weighted by Crippen LogP contribution is -2.51. The number of hydrogen-bond donors (Lipinski definition) is 0. The summed E-state index contributed by atoms with van der Waals surface area (Å²) in [5, 5.41) is 0. The van der Waals surface area contributed by atoms with Gasteiger partial charge in [0.1, 0.15) is 4.32 Å². The summed E-state index contributed by atoms with van der Waals surface area (Å²) < 4.78 is 12.0. The number of hydrogen-bond acceptors (Lipinski definition) is 6. The molecule has 0 atom stereocenters. The highest BCUT2D eigenvalue weighted by molar-refractivity contribution is 8.26. The summed E-state index contributed by atoms with van der Waals surface area (Å²) in [4.78, 5) is 28.0. The van der Waals surface area contributed by atoms with Crippen LogP contribution in [0.15, 0.2) is 35.8 Å². The summed E-state index contributed by atoms with van der Waals surface area (Å²) in [6.45, 7) is 4.07. The Morgan fingerprint density at radius 2 is 1.88 bits per heavy atom. The molecule has 0 unspecified atom stereocenters. The van der Waals surface area contributed by atoms with Crippen LogP contribution in [0, 0.1) is 23.2 Å². The van der Waals surface area contributed by atoms with E-state index in [1.54, 1.807) is 31.4 Å². The molecule has 5 aliphatic rings. The van der Waals surface area contributed by atoms with E-state index < -0.39 is 0 Å². The van der Waals surface area contributed by atoms with Gasteiger partial charge in [-0.15, -0.1) is 6.58 Å². The predicted molar refractivity (Wildman–Crippen MR) is 129 cm³/mol. The van der Waals surface area contributed by atoms with Crippen LogP contribution in [0.5, 0.6) is 11.5 Å². The molecular formula is C25H27NO4S2. The number of benzene rings is 1. The van der Waals surface area contributed by atoms with Crippen molar-refractivity contribution in [1.82, 2.24) is 4.90 Å². The Bertz CT molecular complexity index is 995. The molecule has 32 heavy (non-hydrogen) atoms. The van der Waals surface area contributed by atoms with Gasteiger partial charge in [-0.25, -0.2) is 0 Å². The molecule has 4 saturated carbocycles. The van der Waals surface area contributed by atoms with E-state index in [0.29, 0.717) is 45.0 Å². The van der Waals surface area contributed by atoms with Gasteiger partial charge in [-0.2, -0.15) is 0 Å². The Morgan fingerprint density at radius 3 is 2.47 bits per heavy atom. The minimum Gasteiger partial charge on any atom is -0.493 e. The summed E-state index contributed by atoms with van der Waals surface area (Å²) >= 11 is 6.57. The van der Waals surface area contributed by atoms with Crippen LogP contribution in [0.1, 0.15) is 44.1 Å². The molecule has 4 aliphatic carbocycles. The molecule has 1 saturated heterocycles. The number of nitrogens with zero attached hydrogens (tertiary/aromatic N) is 1. The third-order valence-corrected chi connectivity index (χ3v) is 8.72. The zero-order chi connectivity index (χ0) is 22.5. The van der Waals surface area contributed by atoms with Crippen molar-refractivity contribution in [1.29, 1.82) is 0 Å². The Balaban J connectivity index is 1.34. The summed E-state index contributed by atoms with van der Waals surface area (Å²) in [5.74, 6) is 2.72. The van der Waals surface area contributed by atoms with E-state index in [4.69, 9.17) is 21.7 Å². The van der Waals surface area contributed by atoms with Crippen LogP contribution in [0.2, 0.25) is 0 Å². The zero-order valence-corrected chi connectivity index (χ0v) is 19.8. The van der Waals surface area contributed by atoms with Crippen LogP contribution in [0.4, 0.5) is 0 Å². The molecule has 5 nitrogen and oxygen atoms in total. The van der Waals surface area contributed by atoms with Crippen molar-refractivity contribution in [3.05, 3.63) is 41.3 Å². The molecule has 168 valence electrons. The molecule has 0 spiro atoms. The molecule has 7 heteroatoms. The van der Waals surface area contributed by atoms with Crippen molar-refractivity contribution in [2.24, 2.45) is 23.2 Å². The van der Waals surface area contributed by atoms with Gasteiger partial charge in [-0.05, 0) is 80.1 Å².